The van der Waals surface area contributed by atoms with Gasteiger partial charge in [0, 0.05) is 12.0 Å². The van der Waals surface area contributed by atoms with Crippen LogP contribution in [-0.2, 0) is 24.9 Å². The maximum absolute atomic E-state index is 13.8. The second-order valence-corrected chi connectivity index (χ2v) is 12.0. The molecule has 230 valence electrons. The number of primary amides is 1. The molecule has 1 atom stereocenters. The van der Waals surface area contributed by atoms with Crippen molar-refractivity contribution in [2.45, 2.75) is 45.7 Å². The Kier molecular flexibility index (Phi) is 7.34. The van der Waals surface area contributed by atoms with Crippen molar-refractivity contribution >= 4 is 22.9 Å². The minimum atomic E-state index is -1.04. The summed E-state index contributed by atoms with van der Waals surface area (Å²) in [6.45, 7) is 5.68. The van der Waals surface area contributed by atoms with E-state index in [-0.39, 0.29) is 40.6 Å². The molecule has 2 aromatic heterocycles. The van der Waals surface area contributed by atoms with Crippen molar-refractivity contribution in [2.24, 2.45) is 11.7 Å². The summed E-state index contributed by atoms with van der Waals surface area (Å²) in [7, 11) is 0. The molecule has 1 aliphatic heterocycles. The normalized spacial score (nSPS) is 15.9. The molecule has 1 unspecified atom stereocenters. The molecule has 0 radical (unpaired) electrons. The van der Waals surface area contributed by atoms with Crippen LogP contribution in [0.25, 0.3) is 22.2 Å². The monoisotopic (exact) mass is 614 g/mol. The molecule has 5 aromatic rings. The van der Waals surface area contributed by atoms with Crippen molar-refractivity contribution in [1.29, 1.82) is 0 Å². The average Bonchev–Trinajstić information content (AvgIpc) is 3.41. The van der Waals surface area contributed by atoms with Crippen molar-refractivity contribution in [3.63, 3.8) is 0 Å². The summed E-state index contributed by atoms with van der Waals surface area (Å²) in [4.78, 5) is 44.5. The molecular formula is C34H29F3N4O4. The zero-order valence-corrected chi connectivity index (χ0v) is 24.7. The Morgan fingerprint density at radius 3 is 2.36 bits per heavy atom. The summed E-state index contributed by atoms with van der Waals surface area (Å²) in [5, 5.41) is 3.02. The van der Waals surface area contributed by atoms with Gasteiger partial charge in [-0.25, -0.2) is 18.0 Å². The quantitative estimate of drug-likeness (QED) is 0.235. The molecule has 45 heavy (non-hydrogen) atoms. The minimum Gasteiger partial charge on any atom is -0.408 e. The lowest BCUT2D eigenvalue weighted by Gasteiger charge is -2.26. The molecule has 0 saturated heterocycles. The van der Waals surface area contributed by atoms with Gasteiger partial charge in [0.25, 0.3) is 11.8 Å². The van der Waals surface area contributed by atoms with E-state index in [4.69, 9.17) is 15.1 Å². The largest absolute Gasteiger partial charge is 0.420 e. The van der Waals surface area contributed by atoms with Crippen molar-refractivity contribution in [2.75, 3.05) is 0 Å². The second kappa shape index (κ2) is 11.1. The van der Waals surface area contributed by atoms with Gasteiger partial charge in [-0.15, -0.1) is 0 Å². The van der Waals surface area contributed by atoms with Gasteiger partial charge in [-0.2, -0.15) is 0 Å². The third kappa shape index (κ3) is 5.39. The SMILES string of the molecule is CC(C)Cc1nc2c(c(-c3ccc4c(c3)oc(=O)n4Cc3ccc(F)c(F)c3)c1C(N)=O)C(=O)NC2(C)Cc1ccc(F)cc1. The van der Waals surface area contributed by atoms with E-state index in [0.29, 0.717) is 40.9 Å². The molecule has 0 bridgehead atoms. The number of oxazole rings is 1. The lowest BCUT2D eigenvalue weighted by Crippen LogP contribution is -2.39. The first-order valence-electron chi connectivity index (χ1n) is 14.4. The fourth-order valence-corrected chi connectivity index (χ4v) is 6.05. The third-order valence-corrected chi connectivity index (χ3v) is 8.01. The van der Waals surface area contributed by atoms with Crippen LogP contribution in [0.15, 0.2) is 69.9 Å². The zero-order chi connectivity index (χ0) is 32.2. The van der Waals surface area contributed by atoms with E-state index >= 15 is 0 Å². The number of fused-ring (bicyclic) bond motifs is 2. The number of nitrogens with zero attached hydrogens (tertiary/aromatic N) is 2. The molecule has 0 spiro atoms. The molecule has 11 heteroatoms. The van der Waals surface area contributed by atoms with Crippen LogP contribution in [0.5, 0.6) is 0 Å². The van der Waals surface area contributed by atoms with Crippen molar-refractivity contribution in [3.8, 4) is 11.1 Å². The zero-order valence-electron chi connectivity index (χ0n) is 24.7. The van der Waals surface area contributed by atoms with Crippen LogP contribution in [0.4, 0.5) is 13.2 Å². The van der Waals surface area contributed by atoms with Crippen LogP contribution in [0.2, 0.25) is 0 Å². The molecule has 1 aliphatic rings. The van der Waals surface area contributed by atoms with Crippen molar-refractivity contribution in [1.82, 2.24) is 14.9 Å². The lowest BCUT2D eigenvalue weighted by molar-refractivity contribution is 0.0935. The topological polar surface area (TPSA) is 120 Å². The van der Waals surface area contributed by atoms with Crippen LogP contribution >= 0.6 is 0 Å². The number of amides is 2. The fraction of sp³-hybridized carbons (Fsp3) is 0.235. The Labute approximate surface area is 255 Å². The Bertz CT molecular complexity index is 2070. The highest BCUT2D eigenvalue weighted by Crippen LogP contribution is 2.42. The van der Waals surface area contributed by atoms with Gasteiger partial charge >= 0.3 is 5.76 Å². The maximum atomic E-state index is 13.8. The second-order valence-electron chi connectivity index (χ2n) is 12.0. The van der Waals surface area contributed by atoms with E-state index in [1.54, 1.807) is 30.3 Å². The van der Waals surface area contributed by atoms with E-state index in [1.165, 1.54) is 22.8 Å². The Balaban J connectivity index is 1.53. The summed E-state index contributed by atoms with van der Waals surface area (Å²) in [6.07, 6.45) is 0.692. The van der Waals surface area contributed by atoms with E-state index in [1.807, 2.05) is 20.8 Å². The van der Waals surface area contributed by atoms with Gasteiger partial charge in [-0.05, 0) is 72.4 Å². The summed E-state index contributed by atoms with van der Waals surface area (Å²) < 4.78 is 47.7. The molecule has 6 rings (SSSR count). The first kappa shape index (κ1) is 29.9. The maximum Gasteiger partial charge on any atom is 0.420 e. The summed E-state index contributed by atoms with van der Waals surface area (Å²) in [5.74, 6) is -4.30. The smallest absolute Gasteiger partial charge is 0.408 e. The number of rotatable bonds is 8. The Morgan fingerprint density at radius 2 is 1.69 bits per heavy atom. The highest BCUT2D eigenvalue weighted by Gasteiger charge is 2.44. The number of carbonyl (C=O) groups excluding carboxylic acids is 2. The number of halogens is 3. The van der Waals surface area contributed by atoms with Gasteiger partial charge in [-0.3, -0.25) is 19.1 Å². The third-order valence-electron chi connectivity index (χ3n) is 8.01. The van der Waals surface area contributed by atoms with Crippen LogP contribution in [0.1, 0.15) is 64.0 Å². The molecule has 0 saturated carbocycles. The number of pyridine rings is 1. The van der Waals surface area contributed by atoms with Gasteiger partial charge in [0.1, 0.15) is 5.82 Å². The first-order chi connectivity index (χ1) is 21.3. The Hall–Kier alpha value is -5.19. The van der Waals surface area contributed by atoms with Crippen molar-refractivity contribution < 1.29 is 27.2 Å². The van der Waals surface area contributed by atoms with Crippen LogP contribution in [0, 0.1) is 23.4 Å². The molecule has 8 nitrogen and oxygen atoms in total. The average molecular weight is 615 g/mol. The van der Waals surface area contributed by atoms with E-state index in [9.17, 15) is 27.6 Å². The van der Waals surface area contributed by atoms with Crippen LogP contribution < -0.4 is 16.8 Å². The number of hydrogen-bond acceptors (Lipinski definition) is 5. The molecule has 3 aromatic carbocycles. The standard InChI is InChI=1S/C34H29F3N4O4/c1-17(2)12-24-28(31(38)42)27(29-30(39-24)34(3,40-32(29)43)15-18-4-8-21(35)9-5-18)20-7-11-25-26(14-20)45-33(44)41(25)16-19-6-10-22(36)23(37)13-19/h4-11,13-14,17H,12,15-16H2,1-3H3,(H2,38,42)(H,40,43). The summed E-state index contributed by atoms with van der Waals surface area (Å²) >= 11 is 0. The van der Waals surface area contributed by atoms with E-state index in [2.05, 4.69) is 5.32 Å². The van der Waals surface area contributed by atoms with Gasteiger partial charge in [-0.1, -0.05) is 38.1 Å². The number of benzene rings is 3. The number of aromatic nitrogens is 2. The molecule has 0 fully saturated rings. The van der Waals surface area contributed by atoms with E-state index < -0.39 is 34.7 Å². The predicted octanol–water partition coefficient (Wildman–Crippen LogP) is 5.62. The summed E-state index contributed by atoms with van der Waals surface area (Å²) in [5.41, 5.74) is 8.35. The number of nitrogens with one attached hydrogen (secondary N) is 1. The van der Waals surface area contributed by atoms with Gasteiger partial charge in [0.15, 0.2) is 17.2 Å². The molecular weight excluding hydrogens is 585 g/mol. The molecule has 3 N–H and O–H groups in total. The molecule has 2 amide bonds. The van der Waals surface area contributed by atoms with Gasteiger partial charge in [0.2, 0.25) is 0 Å². The van der Waals surface area contributed by atoms with Crippen LogP contribution in [0.3, 0.4) is 0 Å². The lowest BCUT2D eigenvalue weighted by atomic mass is 9.84. The minimum absolute atomic E-state index is 0.0811. The highest BCUT2D eigenvalue weighted by molar-refractivity contribution is 6.12. The first-order valence-corrected chi connectivity index (χ1v) is 14.4. The fourth-order valence-electron chi connectivity index (χ4n) is 6.05. The summed E-state index contributed by atoms with van der Waals surface area (Å²) in [6, 6.07) is 14.1. The number of hydrogen-bond donors (Lipinski definition) is 2. The predicted molar refractivity (Wildman–Crippen MR) is 161 cm³/mol. The van der Waals surface area contributed by atoms with Crippen molar-refractivity contribution in [3.05, 3.63) is 122 Å². The molecule has 3 heterocycles. The Morgan fingerprint density at radius 1 is 0.978 bits per heavy atom. The highest BCUT2D eigenvalue weighted by atomic mass is 19.2. The molecule has 0 aliphatic carbocycles. The number of carbonyl (C=O) groups is 2. The van der Waals surface area contributed by atoms with E-state index in [0.717, 1.165) is 17.7 Å². The van der Waals surface area contributed by atoms with Crippen LogP contribution in [-0.4, -0.2) is 21.4 Å². The number of nitrogens with two attached hydrogens (primary N) is 1. The van der Waals surface area contributed by atoms with Gasteiger partial charge in [0.05, 0.1) is 40.1 Å². The van der Waals surface area contributed by atoms with Gasteiger partial charge < -0.3 is 15.5 Å².